The van der Waals surface area contributed by atoms with Crippen LogP contribution in [0.15, 0.2) is 59.4 Å². The average molecular weight is 374 g/mol. The monoisotopic (exact) mass is 374 g/mol. The summed E-state index contributed by atoms with van der Waals surface area (Å²) in [6.07, 6.45) is 4.25. The molecule has 1 aromatic heterocycles. The van der Waals surface area contributed by atoms with Gasteiger partial charge in [-0.1, -0.05) is 42.5 Å². The molecule has 1 aliphatic heterocycles. The van der Waals surface area contributed by atoms with Gasteiger partial charge in [0.15, 0.2) is 0 Å². The number of piperidine rings is 1. The van der Waals surface area contributed by atoms with Gasteiger partial charge in [0.2, 0.25) is 0 Å². The number of H-pyrrole nitrogens is 1. The first-order valence-corrected chi connectivity index (χ1v) is 10.1. The number of para-hydroxylation sites is 1. The Morgan fingerprint density at radius 1 is 1.14 bits per heavy atom. The zero-order valence-corrected chi connectivity index (χ0v) is 16.3. The van der Waals surface area contributed by atoms with Crippen LogP contribution in [0.5, 0.6) is 0 Å². The fourth-order valence-electron chi connectivity index (χ4n) is 4.21. The maximum atomic E-state index is 13.0. The van der Waals surface area contributed by atoms with E-state index in [1.165, 1.54) is 11.1 Å². The van der Waals surface area contributed by atoms with Gasteiger partial charge in [-0.05, 0) is 67.2 Å². The summed E-state index contributed by atoms with van der Waals surface area (Å²) in [6.45, 7) is 3.61. The second-order valence-electron chi connectivity index (χ2n) is 7.82. The van der Waals surface area contributed by atoms with Crippen molar-refractivity contribution in [2.45, 2.75) is 32.6 Å². The van der Waals surface area contributed by atoms with Crippen molar-refractivity contribution in [1.29, 1.82) is 0 Å². The molecule has 1 fully saturated rings. The number of aromatic nitrogens is 1. The van der Waals surface area contributed by atoms with Crippen molar-refractivity contribution in [2.75, 3.05) is 13.1 Å². The lowest BCUT2D eigenvalue weighted by atomic mass is 9.90. The number of carbonyl (C=O) groups excluding carboxylic acids is 1. The van der Waals surface area contributed by atoms with E-state index >= 15 is 0 Å². The van der Waals surface area contributed by atoms with Crippen molar-refractivity contribution >= 4 is 16.8 Å². The molecule has 4 heteroatoms. The first-order valence-electron chi connectivity index (χ1n) is 10.1. The minimum Gasteiger partial charge on any atom is -0.338 e. The van der Waals surface area contributed by atoms with Crippen LogP contribution in [0, 0.1) is 12.8 Å². The Bertz CT molecular complexity index is 1050. The molecule has 0 spiro atoms. The van der Waals surface area contributed by atoms with Crippen molar-refractivity contribution in [2.24, 2.45) is 5.92 Å². The van der Waals surface area contributed by atoms with Crippen LogP contribution in [-0.4, -0.2) is 28.9 Å². The number of aryl methyl sites for hydroxylation is 2. The number of fused-ring (bicyclic) bond motifs is 1. The van der Waals surface area contributed by atoms with Crippen LogP contribution in [-0.2, 0) is 6.42 Å². The van der Waals surface area contributed by atoms with Gasteiger partial charge in [-0.3, -0.25) is 9.59 Å². The molecule has 1 N–H and O–H groups in total. The van der Waals surface area contributed by atoms with Crippen LogP contribution in [0.4, 0.5) is 0 Å². The molecule has 2 heterocycles. The van der Waals surface area contributed by atoms with Gasteiger partial charge in [0.25, 0.3) is 11.5 Å². The molecule has 144 valence electrons. The molecule has 0 saturated carbocycles. The minimum atomic E-state index is -0.300. The second-order valence-corrected chi connectivity index (χ2v) is 7.82. The molecular formula is C24H26N2O2. The second kappa shape index (κ2) is 8.01. The standard InChI is InChI=1S/C24H26N2O2/c1-17-7-2-3-9-19(17)13-12-18-8-6-14-26(16-18)24(28)21-15-20-10-4-5-11-22(20)25-23(21)27/h2-5,7,9-11,15,18H,6,8,12-14,16H2,1H3,(H,25,27)/t18-/m0/s1. The highest BCUT2D eigenvalue weighted by molar-refractivity contribution is 5.97. The van der Waals surface area contributed by atoms with Crippen LogP contribution in [0.25, 0.3) is 10.9 Å². The van der Waals surface area contributed by atoms with E-state index in [2.05, 4.69) is 36.2 Å². The molecule has 0 aliphatic carbocycles. The number of amides is 1. The van der Waals surface area contributed by atoms with E-state index < -0.39 is 0 Å². The third kappa shape index (κ3) is 3.86. The molecule has 0 unspecified atom stereocenters. The van der Waals surface area contributed by atoms with Gasteiger partial charge in [0.1, 0.15) is 5.56 Å². The Morgan fingerprint density at radius 2 is 1.93 bits per heavy atom. The lowest BCUT2D eigenvalue weighted by molar-refractivity contribution is 0.0666. The molecule has 3 aromatic rings. The van der Waals surface area contributed by atoms with Crippen LogP contribution in [0.2, 0.25) is 0 Å². The summed E-state index contributed by atoms with van der Waals surface area (Å²) in [4.78, 5) is 30.2. The Kier molecular flexibility index (Phi) is 5.29. The molecule has 4 nitrogen and oxygen atoms in total. The predicted molar refractivity (Wildman–Crippen MR) is 113 cm³/mol. The van der Waals surface area contributed by atoms with E-state index in [0.29, 0.717) is 5.92 Å². The van der Waals surface area contributed by atoms with E-state index in [1.54, 1.807) is 6.07 Å². The molecule has 1 aliphatic rings. The smallest absolute Gasteiger partial charge is 0.261 e. The van der Waals surface area contributed by atoms with Gasteiger partial charge in [0.05, 0.1) is 0 Å². The van der Waals surface area contributed by atoms with Crippen molar-refractivity contribution < 1.29 is 4.79 Å². The number of hydrogen-bond donors (Lipinski definition) is 1. The number of pyridine rings is 1. The number of likely N-dealkylation sites (tertiary alicyclic amines) is 1. The number of nitrogens with one attached hydrogen (secondary N) is 1. The van der Waals surface area contributed by atoms with Gasteiger partial charge < -0.3 is 9.88 Å². The zero-order chi connectivity index (χ0) is 19.5. The summed E-state index contributed by atoms with van der Waals surface area (Å²) >= 11 is 0. The Balaban J connectivity index is 1.47. The predicted octanol–water partition coefficient (Wildman–Crippen LogP) is 4.32. The van der Waals surface area contributed by atoms with Gasteiger partial charge in [-0.2, -0.15) is 0 Å². The highest BCUT2D eigenvalue weighted by Crippen LogP contribution is 2.24. The minimum absolute atomic E-state index is 0.146. The summed E-state index contributed by atoms with van der Waals surface area (Å²) in [5, 5.41) is 0.888. The summed E-state index contributed by atoms with van der Waals surface area (Å²) in [5.41, 5.74) is 3.42. The number of hydrogen-bond acceptors (Lipinski definition) is 2. The highest BCUT2D eigenvalue weighted by atomic mass is 16.2. The van der Waals surface area contributed by atoms with Crippen molar-refractivity contribution in [1.82, 2.24) is 9.88 Å². The van der Waals surface area contributed by atoms with Gasteiger partial charge in [-0.25, -0.2) is 0 Å². The number of rotatable bonds is 4. The molecular weight excluding hydrogens is 348 g/mol. The molecule has 1 amide bonds. The number of aromatic amines is 1. The Morgan fingerprint density at radius 3 is 2.79 bits per heavy atom. The third-order valence-corrected chi connectivity index (χ3v) is 5.87. The van der Waals surface area contributed by atoms with Gasteiger partial charge in [-0.15, -0.1) is 0 Å². The lowest BCUT2D eigenvalue weighted by Crippen LogP contribution is -2.42. The SMILES string of the molecule is Cc1ccccc1CC[C@@H]1CCCN(C(=O)c2cc3ccccc3[nH]c2=O)C1. The Hall–Kier alpha value is -2.88. The van der Waals surface area contributed by atoms with Crippen LogP contribution in [0.1, 0.15) is 40.7 Å². The van der Waals surface area contributed by atoms with Crippen molar-refractivity contribution in [3.63, 3.8) is 0 Å². The zero-order valence-electron chi connectivity index (χ0n) is 16.3. The number of nitrogens with zero attached hydrogens (tertiary/aromatic N) is 1. The van der Waals surface area contributed by atoms with Crippen LogP contribution in [0.3, 0.4) is 0 Å². The van der Waals surface area contributed by atoms with E-state index in [-0.39, 0.29) is 17.0 Å². The van der Waals surface area contributed by atoms with Crippen LogP contribution >= 0.6 is 0 Å². The van der Waals surface area contributed by atoms with E-state index in [1.807, 2.05) is 29.2 Å². The summed E-state index contributed by atoms with van der Waals surface area (Å²) < 4.78 is 0. The van der Waals surface area contributed by atoms with Crippen LogP contribution < -0.4 is 5.56 Å². The normalized spacial score (nSPS) is 17.0. The summed E-state index contributed by atoms with van der Waals surface area (Å²) in [5.74, 6) is 0.337. The van der Waals surface area contributed by atoms with Crippen molar-refractivity contribution in [3.8, 4) is 0 Å². The first-order chi connectivity index (χ1) is 13.6. The molecule has 4 rings (SSSR count). The van der Waals surface area contributed by atoms with Crippen molar-refractivity contribution in [3.05, 3.63) is 81.6 Å². The average Bonchev–Trinajstić information content (AvgIpc) is 2.72. The number of benzene rings is 2. The maximum absolute atomic E-state index is 13.0. The first kappa shape index (κ1) is 18.5. The fourth-order valence-corrected chi connectivity index (χ4v) is 4.21. The molecule has 1 saturated heterocycles. The highest BCUT2D eigenvalue weighted by Gasteiger charge is 2.26. The topological polar surface area (TPSA) is 53.2 Å². The molecule has 28 heavy (non-hydrogen) atoms. The Labute approximate surface area is 165 Å². The molecule has 2 aromatic carbocycles. The number of carbonyl (C=O) groups is 1. The quantitative estimate of drug-likeness (QED) is 0.739. The van der Waals surface area contributed by atoms with Gasteiger partial charge >= 0.3 is 0 Å². The maximum Gasteiger partial charge on any atom is 0.261 e. The third-order valence-electron chi connectivity index (χ3n) is 5.87. The van der Waals surface area contributed by atoms with E-state index in [0.717, 1.165) is 49.7 Å². The fraction of sp³-hybridized carbons (Fsp3) is 0.333. The largest absolute Gasteiger partial charge is 0.338 e. The lowest BCUT2D eigenvalue weighted by Gasteiger charge is -2.33. The van der Waals surface area contributed by atoms with E-state index in [4.69, 9.17) is 0 Å². The molecule has 0 bridgehead atoms. The van der Waals surface area contributed by atoms with E-state index in [9.17, 15) is 9.59 Å². The molecule has 0 radical (unpaired) electrons. The summed E-state index contributed by atoms with van der Waals surface area (Å²) in [7, 11) is 0. The summed E-state index contributed by atoms with van der Waals surface area (Å²) in [6, 6.07) is 17.8. The van der Waals surface area contributed by atoms with Gasteiger partial charge in [0, 0.05) is 18.6 Å². The molecule has 1 atom stereocenters.